The van der Waals surface area contributed by atoms with Crippen LogP contribution in [-0.4, -0.2) is 41.6 Å². The van der Waals surface area contributed by atoms with E-state index in [1.54, 1.807) is 6.92 Å². The summed E-state index contributed by atoms with van der Waals surface area (Å²) >= 11 is 0. The molecule has 5 atom stereocenters. The van der Waals surface area contributed by atoms with E-state index in [2.05, 4.69) is 0 Å². The van der Waals surface area contributed by atoms with Crippen molar-refractivity contribution in [3.63, 3.8) is 0 Å². The minimum atomic E-state index is -1.09. The summed E-state index contributed by atoms with van der Waals surface area (Å²) in [6.45, 7) is 2.21. The first-order valence-electron chi connectivity index (χ1n) is 7.29. The summed E-state index contributed by atoms with van der Waals surface area (Å²) in [4.78, 5) is 10.9. The molecule has 0 amide bonds. The average molecular weight is 292 g/mol. The van der Waals surface area contributed by atoms with Gasteiger partial charge in [-0.1, -0.05) is 30.3 Å². The Kier molecular flexibility index (Phi) is 4.08. The third kappa shape index (κ3) is 2.74. The molecule has 1 heterocycles. The van der Waals surface area contributed by atoms with Gasteiger partial charge in [0.15, 0.2) is 12.1 Å². The monoisotopic (exact) mass is 292 g/mol. The van der Waals surface area contributed by atoms with E-state index in [1.807, 2.05) is 30.3 Å². The molecule has 5 nitrogen and oxygen atoms in total. The molecule has 0 bridgehead atoms. The van der Waals surface area contributed by atoms with E-state index in [0.29, 0.717) is 19.4 Å². The number of aldehydes is 1. The fraction of sp³-hybridized carbons (Fsp3) is 0.562. The smallest absolute Gasteiger partial charge is 0.198 e. The van der Waals surface area contributed by atoms with Crippen LogP contribution in [0.3, 0.4) is 0 Å². The predicted molar refractivity (Wildman–Crippen MR) is 74.5 cm³/mol. The Labute approximate surface area is 123 Å². The van der Waals surface area contributed by atoms with Crippen LogP contribution in [-0.2, 0) is 25.6 Å². The van der Waals surface area contributed by atoms with Gasteiger partial charge in [-0.25, -0.2) is 0 Å². The number of benzene rings is 1. The first kappa shape index (κ1) is 14.7. The highest BCUT2D eigenvalue weighted by Crippen LogP contribution is 2.43. The maximum Gasteiger partial charge on any atom is 0.198 e. The van der Waals surface area contributed by atoms with Crippen molar-refractivity contribution < 1.29 is 24.1 Å². The molecule has 1 aromatic rings. The molecule has 1 spiro atoms. The lowest BCUT2D eigenvalue weighted by atomic mass is 10.2. The zero-order chi connectivity index (χ0) is 14.9. The fourth-order valence-corrected chi connectivity index (χ4v) is 3.02. The highest BCUT2D eigenvalue weighted by Gasteiger charge is 2.57. The number of aliphatic hydroxyl groups excluding tert-OH is 1. The standard InChI is InChI=1S/C16H20O5/c1-11-14(9-17)21-16(20-11)8-7-13(15(16)18)19-10-12-5-3-2-4-6-12/h2-6,9,11,13-15,18H,7-8,10H2,1H3/t11?,13-,14?,15-,16+/m1/s1. The summed E-state index contributed by atoms with van der Waals surface area (Å²) < 4.78 is 17.2. The Balaban J connectivity index is 1.62. The van der Waals surface area contributed by atoms with Gasteiger partial charge in [-0.15, -0.1) is 0 Å². The van der Waals surface area contributed by atoms with Gasteiger partial charge in [0.1, 0.15) is 12.2 Å². The third-order valence-electron chi connectivity index (χ3n) is 4.20. The van der Waals surface area contributed by atoms with Crippen LogP contribution in [0.5, 0.6) is 0 Å². The second kappa shape index (κ2) is 5.85. The van der Waals surface area contributed by atoms with Crippen LogP contribution in [0.1, 0.15) is 25.3 Å². The van der Waals surface area contributed by atoms with Gasteiger partial charge in [0.25, 0.3) is 0 Å². The fourth-order valence-electron chi connectivity index (χ4n) is 3.02. The molecular weight excluding hydrogens is 272 g/mol. The minimum Gasteiger partial charge on any atom is -0.385 e. The van der Waals surface area contributed by atoms with Crippen molar-refractivity contribution in [1.29, 1.82) is 0 Å². The van der Waals surface area contributed by atoms with Crippen molar-refractivity contribution in [3.05, 3.63) is 35.9 Å². The highest BCUT2D eigenvalue weighted by atomic mass is 16.8. The topological polar surface area (TPSA) is 65.0 Å². The van der Waals surface area contributed by atoms with E-state index in [0.717, 1.165) is 11.8 Å². The van der Waals surface area contributed by atoms with E-state index in [9.17, 15) is 9.90 Å². The molecular formula is C16H20O5. The molecule has 1 aromatic carbocycles. The molecule has 0 radical (unpaired) electrons. The Bertz CT molecular complexity index is 491. The van der Waals surface area contributed by atoms with E-state index in [4.69, 9.17) is 14.2 Å². The van der Waals surface area contributed by atoms with Gasteiger partial charge in [-0.2, -0.15) is 0 Å². The van der Waals surface area contributed by atoms with Crippen LogP contribution in [0, 0.1) is 0 Å². The number of hydrogen-bond donors (Lipinski definition) is 1. The number of aliphatic hydroxyl groups is 1. The van der Waals surface area contributed by atoms with Gasteiger partial charge in [0.2, 0.25) is 0 Å². The van der Waals surface area contributed by atoms with Crippen molar-refractivity contribution in [2.75, 3.05) is 0 Å². The van der Waals surface area contributed by atoms with Crippen molar-refractivity contribution >= 4 is 6.29 Å². The summed E-state index contributed by atoms with van der Waals surface area (Å²) in [7, 11) is 0. The second-order valence-electron chi connectivity index (χ2n) is 5.67. The molecule has 0 aromatic heterocycles. The van der Waals surface area contributed by atoms with Crippen LogP contribution in [0.4, 0.5) is 0 Å². The Morgan fingerprint density at radius 3 is 2.81 bits per heavy atom. The molecule has 2 aliphatic rings. The lowest BCUT2D eigenvalue weighted by Crippen LogP contribution is -2.44. The number of ether oxygens (including phenoxy) is 3. The zero-order valence-electron chi connectivity index (χ0n) is 12.0. The quantitative estimate of drug-likeness (QED) is 0.850. The largest absolute Gasteiger partial charge is 0.385 e. The molecule has 2 unspecified atom stereocenters. The maximum absolute atomic E-state index is 10.9. The first-order chi connectivity index (χ1) is 10.1. The molecule has 1 aliphatic carbocycles. The van der Waals surface area contributed by atoms with Crippen LogP contribution in [0.2, 0.25) is 0 Å². The third-order valence-corrected chi connectivity index (χ3v) is 4.20. The van der Waals surface area contributed by atoms with Crippen LogP contribution in [0.25, 0.3) is 0 Å². The summed E-state index contributed by atoms with van der Waals surface area (Å²) in [5.74, 6) is -1.09. The lowest BCUT2D eigenvalue weighted by Gasteiger charge is -2.28. The number of carbonyl (C=O) groups is 1. The van der Waals surface area contributed by atoms with Crippen molar-refractivity contribution in [2.24, 2.45) is 0 Å². The van der Waals surface area contributed by atoms with E-state index < -0.39 is 18.0 Å². The van der Waals surface area contributed by atoms with Gasteiger partial charge in [0, 0.05) is 6.42 Å². The SMILES string of the molecule is CC1O[C@@]2(CC[C@@H](OCc3ccccc3)[C@H]2O)OC1C=O. The molecule has 3 rings (SSSR count). The molecule has 2 fully saturated rings. The van der Waals surface area contributed by atoms with Gasteiger partial charge in [-0.3, -0.25) is 0 Å². The minimum absolute atomic E-state index is 0.343. The molecule has 5 heteroatoms. The average Bonchev–Trinajstić information content (AvgIpc) is 2.99. The van der Waals surface area contributed by atoms with Crippen molar-refractivity contribution in [3.8, 4) is 0 Å². The lowest BCUT2D eigenvalue weighted by molar-refractivity contribution is -0.231. The summed E-state index contributed by atoms with van der Waals surface area (Å²) in [6, 6.07) is 9.80. The molecule has 1 saturated heterocycles. The molecule has 21 heavy (non-hydrogen) atoms. The number of rotatable bonds is 4. The summed E-state index contributed by atoms with van der Waals surface area (Å²) in [5.41, 5.74) is 1.05. The van der Waals surface area contributed by atoms with Gasteiger partial charge < -0.3 is 24.1 Å². The van der Waals surface area contributed by atoms with Crippen molar-refractivity contribution in [1.82, 2.24) is 0 Å². The zero-order valence-corrected chi connectivity index (χ0v) is 12.0. The predicted octanol–water partition coefficient (Wildman–Crippen LogP) is 1.43. The molecule has 1 N–H and O–H groups in total. The molecule has 1 aliphatic heterocycles. The van der Waals surface area contributed by atoms with E-state index in [1.165, 1.54) is 0 Å². The van der Waals surface area contributed by atoms with E-state index >= 15 is 0 Å². The number of carbonyl (C=O) groups excluding carboxylic acids is 1. The highest BCUT2D eigenvalue weighted by molar-refractivity contribution is 5.57. The molecule has 114 valence electrons. The van der Waals surface area contributed by atoms with Crippen molar-refractivity contribution in [2.45, 2.75) is 56.6 Å². The number of hydrogen-bond acceptors (Lipinski definition) is 5. The summed E-state index contributed by atoms with van der Waals surface area (Å²) in [5, 5.41) is 10.5. The van der Waals surface area contributed by atoms with E-state index in [-0.39, 0.29) is 12.2 Å². The molecule has 1 saturated carbocycles. The van der Waals surface area contributed by atoms with Crippen LogP contribution in [0.15, 0.2) is 30.3 Å². The Morgan fingerprint density at radius 2 is 2.14 bits per heavy atom. The second-order valence-corrected chi connectivity index (χ2v) is 5.67. The first-order valence-corrected chi connectivity index (χ1v) is 7.29. The Hall–Kier alpha value is -1.27. The van der Waals surface area contributed by atoms with Gasteiger partial charge in [0.05, 0.1) is 18.8 Å². The van der Waals surface area contributed by atoms with Gasteiger partial charge in [-0.05, 0) is 18.9 Å². The van der Waals surface area contributed by atoms with Crippen LogP contribution >= 0.6 is 0 Å². The maximum atomic E-state index is 10.9. The van der Waals surface area contributed by atoms with Crippen LogP contribution < -0.4 is 0 Å². The summed E-state index contributed by atoms with van der Waals surface area (Å²) in [6.07, 6.45) is -0.284. The Morgan fingerprint density at radius 1 is 1.38 bits per heavy atom. The van der Waals surface area contributed by atoms with Gasteiger partial charge >= 0.3 is 0 Å². The normalized spacial score (nSPS) is 39.0.